The third kappa shape index (κ3) is 6.58. The van der Waals surface area contributed by atoms with E-state index < -0.39 is 13.8 Å². The van der Waals surface area contributed by atoms with Crippen molar-refractivity contribution in [1.29, 1.82) is 0 Å². The zero-order valence-corrected chi connectivity index (χ0v) is 18.1. The van der Waals surface area contributed by atoms with Crippen molar-refractivity contribution >= 4 is 41.3 Å². The Hall–Kier alpha value is -1.41. The molecule has 0 fully saturated rings. The second kappa shape index (κ2) is 10.4. The molecule has 1 atom stereocenters. The molecule has 0 bridgehead atoms. The van der Waals surface area contributed by atoms with Gasteiger partial charge >= 0.3 is 19.7 Å². The van der Waals surface area contributed by atoms with Gasteiger partial charge in [-0.15, -0.1) is 0 Å². The number of hydrogen-bond donors (Lipinski definition) is 1. The molecule has 1 unspecified atom stereocenters. The zero-order chi connectivity index (χ0) is 20.7. The average molecular weight is 495 g/mol. The van der Waals surface area contributed by atoms with E-state index >= 15 is 0 Å². The fraction of sp³-hybridized carbons (Fsp3) is 0.278. The van der Waals surface area contributed by atoms with Crippen LogP contribution in [0.4, 0.5) is 8.78 Å². The van der Waals surface area contributed by atoms with Gasteiger partial charge in [0.05, 0.1) is 16.6 Å². The van der Waals surface area contributed by atoms with Crippen LogP contribution in [0.25, 0.3) is 0 Å². The van der Waals surface area contributed by atoms with E-state index in [4.69, 9.17) is 9.63 Å². The molecule has 28 heavy (non-hydrogen) atoms. The Morgan fingerprint density at radius 2 is 1.79 bits per heavy atom. The number of carbonyl (C=O) groups excluding carboxylic acids is 1. The average Bonchev–Trinajstić information content (AvgIpc) is 2.64. The third-order valence-corrected chi connectivity index (χ3v) is 6.12. The van der Waals surface area contributed by atoms with Gasteiger partial charge in [0, 0.05) is 11.5 Å². The van der Waals surface area contributed by atoms with E-state index in [2.05, 4.69) is 20.5 Å². The Bertz CT molecular complexity index is 864. The summed E-state index contributed by atoms with van der Waals surface area (Å²) in [5.74, 6) is 0.864. The van der Waals surface area contributed by atoms with Crippen LogP contribution in [-0.2, 0) is 20.8 Å². The number of benzene rings is 2. The van der Waals surface area contributed by atoms with Crippen LogP contribution < -0.4 is 4.52 Å². The maximum atomic E-state index is 12.5. The molecule has 1 N–H and O–H groups in total. The second-order valence-electron chi connectivity index (χ2n) is 5.61. The minimum atomic E-state index is -5.01. The number of halogens is 3. The van der Waals surface area contributed by atoms with Crippen molar-refractivity contribution < 1.29 is 32.3 Å². The van der Waals surface area contributed by atoms with Gasteiger partial charge in [-0.2, -0.15) is 20.5 Å². The Kier molecular flexibility index (Phi) is 8.49. The summed E-state index contributed by atoms with van der Waals surface area (Å²) in [6, 6.07) is 11.8. The van der Waals surface area contributed by atoms with Gasteiger partial charge in [0.2, 0.25) is 0 Å². The van der Waals surface area contributed by atoms with Gasteiger partial charge in [-0.25, -0.2) is 9.36 Å². The molecule has 0 saturated heterocycles. The highest BCUT2D eigenvalue weighted by Gasteiger charge is 2.34. The van der Waals surface area contributed by atoms with Crippen LogP contribution in [0.15, 0.2) is 46.9 Å². The van der Waals surface area contributed by atoms with Crippen molar-refractivity contribution in [3.63, 3.8) is 0 Å². The summed E-state index contributed by atoms with van der Waals surface area (Å²) in [6.07, 6.45) is -3.47. The molecule has 5 nitrogen and oxygen atoms in total. The molecule has 0 radical (unpaired) electrons. The molecule has 2 aromatic carbocycles. The van der Waals surface area contributed by atoms with Crippen LogP contribution >= 0.6 is 35.3 Å². The Balaban J connectivity index is 1.90. The van der Waals surface area contributed by atoms with E-state index in [1.54, 1.807) is 43.0 Å². The molecule has 2 rings (SSSR count). The number of hydrogen-bond acceptors (Lipinski definition) is 5. The summed E-state index contributed by atoms with van der Waals surface area (Å²) in [6.45, 7) is 2.08. The van der Waals surface area contributed by atoms with Crippen LogP contribution in [0.1, 0.15) is 28.4 Å². The van der Waals surface area contributed by atoms with Crippen LogP contribution in [0, 0.1) is 0 Å². The molecule has 0 spiro atoms. The summed E-state index contributed by atoms with van der Waals surface area (Å²) in [7, 11) is -5.01. The SMILES string of the molecule is CCOC(=O)c1ccc(CSCc2ccc(OP(=O)(O)C(F)F)c(Br)c2)cc1. The van der Waals surface area contributed by atoms with Gasteiger partial charge < -0.3 is 14.2 Å². The van der Waals surface area contributed by atoms with Crippen LogP contribution in [-0.4, -0.2) is 23.6 Å². The lowest BCUT2D eigenvalue weighted by molar-refractivity contribution is 0.0526. The van der Waals surface area contributed by atoms with Crippen molar-refractivity contribution in [1.82, 2.24) is 0 Å². The topological polar surface area (TPSA) is 72.8 Å². The van der Waals surface area contributed by atoms with Crippen molar-refractivity contribution in [2.24, 2.45) is 0 Å². The van der Waals surface area contributed by atoms with Gasteiger partial charge in [0.15, 0.2) is 0 Å². The first-order valence-corrected chi connectivity index (χ1v) is 11.7. The molecule has 0 aliphatic heterocycles. The number of rotatable bonds is 9. The first kappa shape index (κ1) is 22.9. The molecule has 152 valence electrons. The monoisotopic (exact) mass is 494 g/mol. The van der Waals surface area contributed by atoms with Crippen molar-refractivity contribution in [2.45, 2.75) is 24.6 Å². The maximum absolute atomic E-state index is 12.5. The van der Waals surface area contributed by atoms with Crippen LogP contribution in [0.3, 0.4) is 0 Å². The molecule has 0 heterocycles. The van der Waals surface area contributed by atoms with Gasteiger partial charge in [-0.05, 0) is 58.2 Å². The zero-order valence-electron chi connectivity index (χ0n) is 14.8. The van der Waals surface area contributed by atoms with E-state index in [-0.39, 0.29) is 11.7 Å². The number of carbonyl (C=O) groups is 1. The first-order chi connectivity index (χ1) is 13.2. The van der Waals surface area contributed by atoms with Crippen LogP contribution in [0.5, 0.6) is 5.75 Å². The third-order valence-electron chi connectivity index (χ3n) is 3.47. The minimum Gasteiger partial charge on any atom is -0.462 e. The molecule has 0 aromatic heterocycles. The Labute approximate surface area is 174 Å². The van der Waals surface area contributed by atoms with E-state index in [9.17, 15) is 18.1 Å². The van der Waals surface area contributed by atoms with Gasteiger partial charge in [-0.1, -0.05) is 18.2 Å². The second-order valence-corrected chi connectivity index (χ2v) is 9.15. The standard InChI is InChI=1S/C18H18BrF2O5PS/c1-2-25-17(22)14-6-3-12(4-7-14)10-28-11-13-5-8-16(15(19)9-13)26-27(23,24)18(20)21/h3-9,18H,2,10-11H2,1H3,(H,23,24). The summed E-state index contributed by atoms with van der Waals surface area (Å²) >= 11 is 4.78. The lowest BCUT2D eigenvalue weighted by Crippen LogP contribution is -2.04. The highest BCUT2D eigenvalue weighted by molar-refractivity contribution is 9.10. The molecule has 0 saturated carbocycles. The predicted octanol–water partition coefficient (Wildman–Crippen LogP) is 5.85. The number of ether oxygens (including phenoxy) is 1. The lowest BCUT2D eigenvalue weighted by atomic mass is 10.1. The molecule has 2 aromatic rings. The van der Waals surface area contributed by atoms with Crippen LogP contribution in [0.2, 0.25) is 0 Å². The molecular formula is C18H18BrF2O5PS. The predicted molar refractivity (Wildman–Crippen MR) is 108 cm³/mol. The number of esters is 1. The maximum Gasteiger partial charge on any atom is 0.442 e. The highest BCUT2D eigenvalue weighted by atomic mass is 79.9. The quantitative estimate of drug-likeness (QED) is 0.348. The molecule has 0 aliphatic carbocycles. The summed E-state index contributed by atoms with van der Waals surface area (Å²) in [4.78, 5) is 20.7. The normalized spacial score (nSPS) is 13.2. The number of alkyl halides is 2. The van der Waals surface area contributed by atoms with Crippen molar-refractivity contribution in [2.75, 3.05) is 6.61 Å². The molecule has 0 aliphatic rings. The van der Waals surface area contributed by atoms with Gasteiger partial charge in [0.25, 0.3) is 0 Å². The summed E-state index contributed by atoms with van der Waals surface area (Å²) in [5.41, 5.74) is 2.42. The first-order valence-electron chi connectivity index (χ1n) is 8.15. The van der Waals surface area contributed by atoms with E-state index in [1.807, 2.05) is 12.1 Å². The molecule has 10 heteroatoms. The number of thioether (sulfide) groups is 1. The van der Waals surface area contributed by atoms with E-state index in [1.165, 1.54) is 6.07 Å². The lowest BCUT2D eigenvalue weighted by Gasteiger charge is -2.14. The smallest absolute Gasteiger partial charge is 0.442 e. The van der Waals surface area contributed by atoms with E-state index in [0.717, 1.165) is 11.1 Å². The fourth-order valence-corrected chi connectivity index (χ4v) is 4.23. The summed E-state index contributed by atoms with van der Waals surface area (Å²) < 4.78 is 46.0. The fourth-order valence-electron chi connectivity index (χ4n) is 2.13. The largest absolute Gasteiger partial charge is 0.462 e. The van der Waals surface area contributed by atoms with Gasteiger partial charge in [-0.3, -0.25) is 0 Å². The molecular weight excluding hydrogens is 477 g/mol. The van der Waals surface area contributed by atoms with Gasteiger partial charge in [0.1, 0.15) is 5.75 Å². The van der Waals surface area contributed by atoms with Crippen molar-refractivity contribution in [3.8, 4) is 5.75 Å². The summed E-state index contributed by atoms with van der Waals surface area (Å²) in [5, 5.41) is 0. The Morgan fingerprint density at radius 1 is 1.18 bits per heavy atom. The minimum absolute atomic E-state index is 0.116. The molecule has 0 amide bonds. The van der Waals surface area contributed by atoms with Crippen molar-refractivity contribution in [3.05, 3.63) is 63.6 Å². The Morgan fingerprint density at radius 3 is 2.36 bits per heavy atom. The van der Waals surface area contributed by atoms with E-state index in [0.29, 0.717) is 28.1 Å². The highest BCUT2D eigenvalue weighted by Crippen LogP contribution is 2.50.